The number of rotatable bonds is 6. The molecule has 9 nitrogen and oxygen atoms in total. The molecule has 0 radical (unpaired) electrons. The first-order valence-corrected chi connectivity index (χ1v) is 13.2. The molecular weight excluding hydrogens is 486 g/mol. The number of benzene rings is 2. The molecule has 38 heavy (non-hydrogen) atoms. The van der Waals surface area contributed by atoms with Crippen LogP contribution in [0.25, 0.3) is 0 Å². The van der Waals surface area contributed by atoms with Gasteiger partial charge in [0.1, 0.15) is 24.4 Å². The molecule has 2 aliphatic heterocycles. The number of hydrogen-bond acceptors (Lipinski definition) is 6. The number of aliphatic hydroxyl groups excluding tert-OH is 1. The summed E-state index contributed by atoms with van der Waals surface area (Å²) >= 11 is 0. The zero-order valence-electron chi connectivity index (χ0n) is 22.2. The smallest absolute Gasteiger partial charge is 0.408 e. The Bertz CT molecular complexity index is 1030. The molecule has 2 aliphatic rings. The molecule has 2 aromatic carbocycles. The Kier molecular flexibility index (Phi) is 11.4. The lowest BCUT2D eigenvalue weighted by Gasteiger charge is -2.26. The summed E-state index contributed by atoms with van der Waals surface area (Å²) in [5.41, 5.74) is 1.64. The summed E-state index contributed by atoms with van der Waals surface area (Å²) in [6.07, 6.45) is 2.00. The fraction of sp³-hybridized carbons (Fsp3) is 0.483. The van der Waals surface area contributed by atoms with Crippen LogP contribution in [0.1, 0.15) is 50.7 Å². The number of amides is 3. The number of carbonyl (C=O) groups excluding carboxylic acids is 3. The predicted molar refractivity (Wildman–Crippen MR) is 143 cm³/mol. The van der Waals surface area contributed by atoms with E-state index in [2.05, 4.69) is 16.0 Å². The van der Waals surface area contributed by atoms with E-state index in [1.807, 2.05) is 68.4 Å². The Labute approximate surface area is 224 Å². The van der Waals surface area contributed by atoms with Crippen molar-refractivity contribution in [2.24, 2.45) is 5.92 Å². The van der Waals surface area contributed by atoms with Crippen LogP contribution in [0.15, 0.2) is 54.6 Å². The molecule has 3 atom stereocenters. The van der Waals surface area contributed by atoms with Crippen molar-refractivity contribution in [2.75, 3.05) is 13.2 Å². The van der Waals surface area contributed by atoms with Crippen molar-refractivity contribution in [2.45, 2.75) is 70.7 Å². The monoisotopic (exact) mass is 525 g/mol. The summed E-state index contributed by atoms with van der Waals surface area (Å²) in [6, 6.07) is 14.4. The Morgan fingerprint density at radius 1 is 1.05 bits per heavy atom. The molecule has 4 N–H and O–H groups in total. The van der Waals surface area contributed by atoms with Crippen molar-refractivity contribution in [3.8, 4) is 5.75 Å². The number of ether oxygens (including phenoxy) is 2. The highest BCUT2D eigenvalue weighted by Gasteiger charge is 2.29. The van der Waals surface area contributed by atoms with E-state index in [1.165, 1.54) is 0 Å². The number of fused-ring (bicyclic) bond motifs is 14. The van der Waals surface area contributed by atoms with Gasteiger partial charge >= 0.3 is 6.09 Å². The van der Waals surface area contributed by atoms with Crippen molar-refractivity contribution >= 4 is 17.9 Å². The van der Waals surface area contributed by atoms with Gasteiger partial charge in [-0.25, -0.2) is 4.79 Å². The molecule has 0 aliphatic carbocycles. The molecule has 2 aromatic rings. The van der Waals surface area contributed by atoms with Crippen LogP contribution >= 0.6 is 0 Å². The SMILES string of the molecule is CC(C)C[C@@H]1NC(=O)[C@@H](NC(=O)OCc2ccccc2)Cc2ccc(cc2)OCCCC[C@@H](CO)NC1=O. The summed E-state index contributed by atoms with van der Waals surface area (Å²) in [5, 5.41) is 18.2. The third-order valence-electron chi connectivity index (χ3n) is 6.31. The van der Waals surface area contributed by atoms with E-state index in [0.717, 1.165) is 24.0 Å². The van der Waals surface area contributed by atoms with Crippen LogP contribution in [0.2, 0.25) is 0 Å². The fourth-order valence-electron chi connectivity index (χ4n) is 4.24. The summed E-state index contributed by atoms with van der Waals surface area (Å²) < 4.78 is 11.1. The highest BCUT2D eigenvalue weighted by atomic mass is 16.5. The zero-order valence-corrected chi connectivity index (χ0v) is 22.2. The van der Waals surface area contributed by atoms with Gasteiger partial charge in [-0.2, -0.15) is 0 Å². The predicted octanol–water partition coefficient (Wildman–Crippen LogP) is 3.09. The molecule has 9 heteroatoms. The van der Waals surface area contributed by atoms with E-state index in [4.69, 9.17) is 9.47 Å². The van der Waals surface area contributed by atoms with Crippen LogP contribution < -0.4 is 20.7 Å². The molecule has 0 saturated carbocycles. The number of alkyl carbamates (subject to hydrolysis) is 1. The zero-order chi connectivity index (χ0) is 27.3. The molecule has 0 spiro atoms. The largest absolute Gasteiger partial charge is 0.494 e. The third-order valence-corrected chi connectivity index (χ3v) is 6.31. The summed E-state index contributed by atoms with van der Waals surface area (Å²) in [4.78, 5) is 39.2. The van der Waals surface area contributed by atoms with Gasteiger partial charge in [0.25, 0.3) is 0 Å². The molecule has 2 bridgehead atoms. The van der Waals surface area contributed by atoms with Crippen molar-refractivity contribution in [3.05, 3.63) is 65.7 Å². The summed E-state index contributed by atoms with van der Waals surface area (Å²) in [6.45, 7) is 4.30. The Morgan fingerprint density at radius 3 is 2.47 bits per heavy atom. The van der Waals surface area contributed by atoms with E-state index < -0.39 is 30.1 Å². The Morgan fingerprint density at radius 2 is 1.79 bits per heavy atom. The summed E-state index contributed by atoms with van der Waals surface area (Å²) in [7, 11) is 0. The average molecular weight is 526 g/mol. The second kappa shape index (κ2) is 15.0. The quantitative estimate of drug-likeness (QED) is 0.459. The Hall–Kier alpha value is -3.59. The van der Waals surface area contributed by atoms with Gasteiger partial charge < -0.3 is 30.5 Å². The van der Waals surface area contributed by atoms with E-state index in [0.29, 0.717) is 25.2 Å². The van der Waals surface area contributed by atoms with Gasteiger partial charge in [0, 0.05) is 6.42 Å². The molecule has 0 unspecified atom stereocenters. The van der Waals surface area contributed by atoms with Crippen molar-refractivity contribution in [1.29, 1.82) is 0 Å². The van der Waals surface area contributed by atoms with E-state index >= 15 is 0 Å². The van der Waals surface area contributed by atoms with Crippen molar-refractivity contribution in [1.82, 2.24) is 16.0 Å². The number of carbonyl (C=O) groups is 3. The molecule has 2 heterocycles. The van der Waals surface area contributed by atoms with Crippen molar-refractivity contribution in [3.63, 3.8) is 0 Å². The van der Waals surface area contributed by atoms with Gasteiger partial charge in [-0.3, -0.25) is 9.59 Å². The van der Waals surface area contributed by atoms with Crippen LogP contribution in [0.4, 0.5) is 4.79 Å². The second-order valence-electron chi connectivity index (χ2n) is 10.0. The lowest BCUT2D eigenvalue weighted by molar-refractivity contribution is -0.131. The lowest BCUT2D eigenvalue weighted by Crippen LogP contribution is -2.56. The lowest BCUT2D eigenvalue weighted by atomic mass is 10.0. The van der Waals surface area contributed by atoms with Gasteiger partial charge in [0.15, 0.2) is 0 Å². The molecule has 0 saturated heterocycles. The van der Waals surface area contributed by atoms with Crippen LogP contribution in [-0.2, 0) is 27.4 Å². The number of nitrogens with one attached hydrogen (secondary N) is 3. The first-order valence-electron chi connectivity index (χ1n) is 13.2. The van der Waals surface area contributed by atoms with E-state index in [1.54, 1.807) is 0 Å². The highest BCUT2D eigenvalue weighted by Crippen LogP contribution is 2.16. The summed E-state index contributed by atoms with van der Waals surface area (Å²) in [5.74, 6) is -0.0216. The van der Waals surface area contributed by atoms with Crippen molar-refractivity contribution < 1.29 is 29.0 Å². The fourth-order valence-corrected chi connectivity index (χ4v) is 4.24. The minimum atomic E-state index is -0.975. The van der Waals surface area contributed by atoms with Gasteiger partial charge in [-0.05, 0) is 54.9 Å². The maximum Gasteiger partial charge on any atom is 0.408 e. The Balaban J connectivity index is 1.79. The van der Waals surface area contributed by atoms with E-state index in [9.17, 15) is 19.5 Å². The maximum absolute atomic E-state index is 13.4. The highest BCUT2D eigenvalue weighted by molar-refractivity contribution is 5.91. The topological polar surface area (TPSA) is 126 Å². The number of hydrogen-bond donors (Lipinski definition) is 4. The van der Waals surface area contributed by atoms with Crippen LogP contribution in [0.3, 0.4) is 0 Å². The maximum atomic E-state index is 13.4. The van der Waals surface area contributed by atoms with Gasteiger partial charge in [-0.1, -0.05) is 56.3 Å². The minimum absolute atomic E-state index is 0.0635. The van der Waals surface area contributed by atoms with E-state index in [-0.39, 0.29) is 31.5 Å². The third kappa shape index (κ3) is 9.70. The molecular formula is C29H39N3O6. The van der Waals surface area contributed by atoms with Gasteiger partial charge in [-0.15, -0.1) is 0 Å². The number of aliphatic hydroxyl groups is 1. The molecule has 0 aromatic heterocycles. The first-order chi connectivity index (χ1) is 18.3. The first kappa shape index (κ1) is 29.0. The molecule has 4 rings (SSSR count). The van der Waals surface area contributed by atoms with Crippen LogP contribution in [0.5, 0.6) is 5.75 Å². The average Bonchev–Trinajstić information content (AvgIpc) is 2.91. The second-order valence-corrected chi connectivity index (χ2v) is 10.0. The standard InChI is InChI=1S/C29H39N3O6/c1-20(2)16-25-27(34)30-23(18-33)10-6-7-15-37-24-13-11-21(12-14-24)17-26(28(35)31-25)32-29(36)38-19-22-8-4-3-5-9-22/h3-5,8-9,11-14,20,23,25-26,33H,6-7,10,15-19H2,1-2H3,(H,30,34)(H,31,35)(H,32,36)/t23-,25-,26-/m0/s1. The normalized spacial score (nSPS) is 21.1. The minimum Gasteiger partial charge on any atom is -0.494 e. The van der Waals surface area contributed by atoms with Crippen LogP contribution in [0, 0.1) is 5.92 Å². The van der Waals surface area contributed by atoms with Crippen LogP contribution in [-0.4, -0.2) is 54.4 Å². The van der Waals surface area contributed by atoms with Gasteiger partial charge in [0.05, 0.1) is 19.3 Å². The molecule has 206 valence electrons. The molecule has 0 fully saturated rings. The molecule has 3 amide bonds. The van der Waals surface area contributed by atoms with Gasteiger partial charge in [0.2, 0.25) is 11.8 Å².